The predicted molar refractivity (Wildman–Crippen MR) is 79.7 cm³/mol. The third-order valence-corrected chi connectivity index (χ3v) is 4.18. The lowest BCUT2D eigenvalue weighted by Gasteiger charge is -2.35. The summed E-state index contributed by atoms with van der Waals surface area (Å²) in [6, 6.07) is 0.0838. The van der Waals surface area contributed by atoms with Crippen LogP contribution in [0.3, 0.4) is 0 Å². The molecule has 1 amide bonds. The molecule has 0 radical (unpaired) electrons. The Morgan fingerprint density at radius 3 is 2.95 bits per heavy atom. The summed E-state index contributed by atoms with van der Waals surface area (Å²) in [5, 5.41) is 3.37. The van der Waals surface area contributed by atoms with E-state index in [0.29, 0.717) is 12.3 Å². The monoisotopic (exact) mass is 298 g/mol. The highest BCUT2D eigenvalue weighted by molar-refractivity contribution is 5.85. The zero-order chi connectivity index (χ0) is 13.2. The molecule has 1 aromatic heterocycles. The summed E-state index contributed by atoms with van der Waals surface area (Å²) in [5.74, 6) is 2.09. The van der Waals surface area contributed by atoms with Crippen LogP contribution in [0.25, 0.3) is 0 Å². The van der Waals surface area contributed by atoms with E-state index in [2.05, 4.69) is 10.3 Å². The largest absolute Gasteiger partial charge is 0.336 e. The number of hydrogen-bond donors (Lipinski definition) is 1. The summed E-state index contributed by atoms with van der Waals surface area (Å²) in [5.41, 5.74) is 0. The first kappa shape index (κ1) is 15.3. The maximum absolute atomic E-state index is 12.4. The molecule has 1 aliphatic heterocycles. The summed E-state index contributed by atoms with van der Waals surface area (Å²) >= 11 is 0. The van der Waals surface area contributed by atoms with Crippen LogP contribution in [-0.4, -0.2) is 40.0 Å². The molecule has 1 unspecified atom stereocenters. The van der Waals surface area contributed by atoms with E-state index in [4.69, 9.17) is 0 Å². The molecule has 20 heavy (non-hydrogen) atoms. The number of nitrogens with zero attached hydrogens (tertiary/aromatic N) is 3. The fourth-order valence-electron chi connectivity index (χ4n) is 2.81. The number of aromatic nitrogens is 2. The van der Waals surface area contributed by atoms with Crippen molar-refractivity contribution < 1.29 is 4.79 Å². The molecule has 0 spiro atoms. The fraction of sp³-hybridized carbons (Fsp3) is 0.714. The van der Waals surface area contributed by atoms with Gasteiger partial charge in [0, 0.05) is 45.5 Å². The van der Waals surface area contributed by atoms with Gasteiger partial charge in [-0.05, 0) is 12.3 Å². The number of imidazole rings is 1. The number of nitrogens with one attached hydrogen (secondary N) is 1. The third-order valence-electron chi connectivity index (χ3n) is 4.18. The van der Waals surface area contributed by atoms with Gasteiger partial charge in [0.15, 0.2) is 0 Å². The van der Waals surface area contributed by atoms with Gasteiger partial charge in [0.25, 0.3) is 0 Å². The molecule has 0 bridgehead atoms. The molecule has 1 saturated carbocycles. The Bertz CT molecular complexity index is 458. The molecule has 1 aliphatic carbocycles. The Kier molecular flexibility index (Phi) is 5.05. The van der Waals surface area contributed by atoms with Crippen molar-refractivity contribution in [2.45, 2.75) is 31.7 Å². The van der Waals surface area contributed by atoms with Crippen molar-refractivity contribution in [1.29, 1.82) is 0 Å². The number of carbonyl (C=O) groups is 1. The predicted octanol–water partition coefficient (Wildman–Crippen LogP) is 1.50. The first-order valence-corrected chi connectivity index (χ1v) is 7.23. The van der Waals surface area contributed by atoms with Gasteiger partial charge < -0.3 is 14.8 Å². The molecule has 112 valence electrons. The van der Waals surface area contributed by atoms with Gasteiger partial charge in [0.05, 0.1) is 0 Å². The smallest absolute Gasteiger partial charge is 0.223 e. The van der Waals surface area contributed by atoms with Gasteiger partial charge in [-0.2, -0.15) is 0 Å². The normalized spacial score (nSPS) is 22.4. The van der Waals surface area contributed by atoms with Gasteiger partial charge in [0.1, 0.15) is 11.9 Å². The average molecular weight is 299 g/mol. The van der Waals surface area contributed by atoms with Crippen molar-refractivity contribution in [1.82, 2.24) is 19.8 Å². The summed E-state index contributed by atoms with van der Waals surface area (Å²) in [7, 11) is 1.99. The number of aryl methyl sites for hydroxylation is 1. The summed E-state index contributed by atoms with van der Waals surface area (Å²) < 4.78 is 2.01. The second-order valence-electron chi connectivity index (χ2n) is 5.69. The molecule has 2 heterocycles. The molecular formula is C14H23ClN4O. The van der Waals surface area contributed by atoms with Gasteiger partial charge in [-0.25, -0.2) is 4.98 Å². The lowest BCUT2D eigenvalue weighted by molar-refractivity contribution is -0.135. The first-order chi connectivity index (χ1) is 9.25. The molecule has 2 fully saturated rings. The SMILES string of the molecule is Cl.Cn1ccnc1C1CNCCN1C(=O)CCC1CC1. The number of rotatable bonds is 4. The average Bonchev–Trinajstić information content (AvgIpc) is 3.17. The Morgan fingerprint density at radius 1 is 1.50 bits per heavy atom. The van der Waals surface area contributed by atoms with Gasteiger partial charge in [0.2, 0.25) is 5.91 Å². The highest BCUT2D eigenvalue weighted by atomic mass is 35.5. The zero-order valence-electron chi connectivity index (χ0n) is 11.9. The molecular weight excluding hydrogens is 276 g/mol. The van der Waals surface area contributed by atoms with Crippen LogP contribution in [0.2, 0.25) is 0 Å². The standard InChI is InChI=1S/C14H22N4O.ClH/c1-17-8-7-16-14(17)12-10-15-6-9-18(12)13(19)5-4-11-2-3-11;/h7-8,11-12,15H,2-6,9-10H2,1H3;1H. The van der Waals surface area contributed by atoms with E-state index in [1.165, 1.54) is 12.8 Å². The minimum absolute atomic E-state index is 0. The molecule has 1 aromatic rings. The molecule has 1 saturated heterocycles. The van der Waals surface area contributed by atoms with Crippen molar-refractivity contribution >= 4 is 18.3 Å². The van der Waals surface area contributed by atoms with Crippen LogP contribution in [0.1, 0.15) is 37.5 Å². The van der Waals surface area contributed by atoms with Crippen LogP contribution in [0.15, 0.2) is 12.4 Å². The van der Waals surface area contributed by atoms with Crippen LogP contribution >= 0.6 is 12.4 Å². The maximum Gasteiger partial charge on any atom is 0.223 e. The minimum Gasteiger partial charge on any atom is -0.336 e. The van der Waals surface area contributed by atoms with Crippen LogP contribution in [-0.2, 0) is 11.8 Å². The van der Waals surface area contributed by atoms with E-state index in [1.54, 1.807) is 6.20 Å². The van der Waals surface area contributed by atoms with Crippen molar-refractivity contribution in [3.05, 3.63) is 18.2 Å². The quantitative estimate of drug-likeness (QED) is 0.916. The Hall–Kier alpha value is -1.07. The lowest BCUT2D eigenvalue weighted by atomic mass is 10.1. The Morgan fingerprint density at radius 2 is 2.30 bits per heavy atom. The Balaban J connectivity index is 0.00000147. The highest BCUT2D eigenvalue weighted by Gasteiger charge is 2.31. The van der Waals surface area contributed by atoms with Gasteiger partial charge in [-0.15, -0.1) is 12.4 Å². The summed E-state index contributed by atoms with van der Waals surface area (Å²) in [4.78, 5) is 18.8. The van der Waals surface area contributed by atoms with Crippen molar-refractivity contribution in [2.75, 3.05) is 19.6 Å². The molecule has 1 N–H and O–H groups in total. The van der Waals surface area contributed by atoms with Gasteiger partial charge in [-0.3, -0.25) is 4.79 Å². The number of halogens is 1. The third kappa shape index (κ3) is 3.33. The Labute approximate surface area is 126 Å². The summed E-state index contributed by atoms with van der Waals surface area (Å²) in [6.07, 6.45) is 8.14. The van der Waals surface area contributed by atoms with Crippen molar-refractivity contribution in [2.24, 2.45) is 13.0 Å². The number of amides is 1. The van der Waals surface area contributed by atoms with Crippen LogP contribution in [0.4, 0.5) is 0 Å². The van der Waals surface area contributed by atoms with E-state index in [0.717, 1.165) is 37.8 Å². The van der Waals surface area contributed by atoms with Crippen LogP contribution in [0.5, 0.6) is 0 Å². The second kappa shape index (κ2) is 6.59. The molecule has 2 aliphatic rings. The summed E-state index contributed by atoms with van der Waals surface area (Å²) in [6.45, 7) is 2.48. The minimum atomic E-state index is 0. The van der Waals surface area contributed by atoms with E-state index in [9.17, 15) is 4.79 Å². The molecule has 1 atom stereocenters. The molecule has 3 rings (SSSR count). The molecule has 0 aromatic carbocycles. The first-order valence-electron chi connectivity index (χ1n) is 7.23. The van der Waals surface area contributed by atoms with Crippen molar-refractivity contribution in [3.63, 3.8) is 0 Å². The fourth-order valence-corrected chi connectivity index (χ4v) is 2.81. The van der Waals surface area contributed by atoms with Gasteiger partial charge >= 0.3 is 0 Å². The second-order valence-corrected chi connectivity index (χ2v) is 5.69. The zero-order valence-corrected chi connectivity index (χ0v) is 12.7. The van der Waals surface area contributed by atoms with Gasteiger partial charge in [-0.1, -0.05) is 12.8 Å². The lowest BCUT2D eigenvalue weighted by Crippen LogP contribution is -2.49. The van der Waals surface area contributed by atoms with Crippen molar-refractivity contribution in [3.8, 4) is 0 Å². The molecule has 6 heteroatoms. The van der Waals surface area contributed by atoms with E-state index >= 15 is 0 Å². The highest BCUT2D eigenvalue weighted by Crippen LogP contribution is 2.34. The van der Waals surface area contributed by atoms with E-state index < -0.39 is 0 Å². The van der Waals surface area contributed by atoms with Crippen LogP contribution in [0, 0.1) is 5.92 Å². The topological polar surface area (TPSA) is 50.2 Å². The molecule has 5 nitrogen and oxygen atoms in total. The van der Waals surface area contributed by atoms with Crippen LogP contribution < -0.4 is 5.32 Å². The number of piperazine rings is 1. The number of carbonyl (C=O) groups excluding carboxylic acids is 1. The maximum atomic E-state index is 12.4. The van der Waals surface area contributed by atoms with E-state index in [1.807, 2.05) is 22.7 Å². The number of hydrogen-bond acceptors (Lipinski definition) is 3. The van der Waals surface area contributed by atoms with E-state index in [-0.39, 0.29) is 18.4 Å².